The van der Waals surface area contributed by atoms with Crippen LogP contribution in [0.5, 0.6) is 0 Å². The molecule has 0 aromatic carbocycles. The standard InChI is InChI=1S/C27H44O5/c1-15-5-10-27(31-14-15)16(2)23-21(32-27)12-20-18-11-22(29)26(30)13-17(28)6-9-25(26,4)19(18)7-8-24(20,23)3/h15-23,28-30H,5-14H2,1-4H3/t15?,16-,17-,18+,19-,20-,21-,22+,23-,24-,25+,26-,27+/m0/s1. The Hall–Kier alpha value is -0.200. The number of aliphatic hydroxyl groups is 3. The van der Waals surface area contributed by atoms with Crippen LogP contribution in [0.25, 0.3) is 0 Å². The second-order valence-corrected chi connectivity index (χ2v) is 13.4. The van der Waals surface area contributed by atoms with Crippen LogP contribution >= 0.6 is 0 Å². The van der Waals surface area contributed by atoms with Crippen molar-refractivity contribution in [1.29, 1.82) is 0 Å². The molecule has 0 radical (unpaired) electrons. The third kappa shape index (κ3) is 2.64. The molecule has 6 fully saturated rings. The lowest BCUT2D eigenvalue weighted by Gasteiger charge is -2.65. The van der Waals surface area contributed by atoms with Crippen LogP contribution in [0.3, 0.4) is 0 Å². The van der Waals surface area contributed by atoms with Gasteiger partial charge in [0.25, 0.3) is 0 Å². The lowest BCUT2D eigenvalue weighted by atomic mass is 9.42. The number of hydrogen-bond donors (Lipinski definition) is 3. The fraction of sp³-hybridized carbons (Fsp3) is 1.00. The number of aliphatic hydroxyl groups excluding tert-OH is 2. The van der Waals surface area contributed by atoms with Crippen molar-refractivity contribution in [1.82, 2.24) is 0 Å². The van der Waals surface area contributed by atoms with Crippen molar-refractivity contribution < 1.29 is 24.8 Å². The van der Waals surface area contributed by atoms with E-state index in [4.69, 9.17) is 9.47 Å². The highest BCUT2D eigenvalue weighted by molar-refractivity contribution is 5.19. The first kappa shape index (κ1) is 22.3. The second-order valence-electron chi connectivity index (χ2n) is 13.4. The predicted molar refractivity (Wildman–Crippen MR) is 121 cm³/mol. The van der Waals surface area contributed by atoms with Crippen molar-refractivity contribution in [2.75, 3.05) is 6.61 Å². The zero-order valence-corrected chi connectivity index (χ0v) is 20.4. The summed E-state index contributed by atoms with van der Waals surface area (Å²) in [7, 11) is 0. The molecule has 1 spiro atoms. The molecule has 182 valence electrons. The summed E-state index contributed by atoms with van der Waals surface area (Å²) >= 11 is 0. The SMILES string of the molecule is CC1CC[C@@]2(OC1)O[C@H]1C[C@H]3[C@@H]4C[C@@H](O)[C@@]5(O)C[C@@H](O)CC[C@]5(C)[C@H]4CC[C@]3(C)[C@H]1[C@@H]2C. The van der Waals surface area contributed by atoms with Gasteiger partial charge in [0.05, 0.1) is 30.5 Å². The molecule has 4 saturated carbocycles. The minimum absolute atomic E-state index is 0.209. The summed E-state index contributed by atoms with van der Waals surface area (Å²) < 4.78 is 13.3. The van der Waals surface area contributed by atoms with Crippen molar-refractivity contribution in [3.05, 3.63) is 0 Å². The minimum Gasteiger partial charge on any atom is -0.393 e. The Kier molecular flexibility index (Phi) is 4.83. The third-order valence-corrected chi connectivity index (χ3v) is 12.1. The van der Waals surface area contributed by atoms with Gasteiger partial charge in [0, 0.05) is 24.2 Å². The smallest absolute Gasteiger partial charge is 0.171 e. The van der Waals surface area contributed by atoms with Crippen LogP contribution in [0.1, 0.15) is 85.5 Å². The molecule has 4 aliphatic carbocycles. The monoisotopic (exact) mass is 448 g/mol. The highest BCUT2D eigenvalue weighted by Gasteiger charge is 2.71. The second kappa shape index (κ2) is 6.94. The maximum absolute atomic E-state index is 11.7. The van der Waals surface area contributed by atoms with E-state index in [1.54, 1.807) is 0 Å². The molecule has 1 unspecified atom stereocenters. The van der Waals surface area contributed by atoms with Crippen molar-refractivity contribution in [3.63, 3.8) is 0 Å². The van der Waals surface area contributed by atoms with Gasteiger partial charge in [-0.2, -0.15) is 0 Å². The van der Waals surface area contributed by atoms with E-state index in [1.807, 2.05) is 0 Å². The largest absolute Gasteiger partial charge is 0.393 e. The number of hydrogen-bond acceptors (Lipinski definition) is 5. The lowest BCUT2D eigenvalue weighted by molar-refractivity contribution is -0.279. The van der Waals surface area contributed by atoms with Gasteiger partial charge < -0.3 is 24.8 Å². The molecule has 0 bridgehead atoms. The molecule has 2 aliphatic heterocycles. The number of fused-ring (bicyclic) bond motifs is 7. The Morgan fingerprint density at radius 1 is 0.906 bits per heavy atom. The van der Waals surface area contributed by atoms with E-state index < -0.39 is 17.8 Å². The van der Waals surface area contributed by atoms with E-state index >= 15 is 0 Å². The van der Waals surface area contributed by atoms with E-state index in [0.29, 0.717) is 48.3 Å². The summed E-state index contributed by atoms with van der Waals surface area (Å²) in [6.45, 7) is 10.2. The fourth-order valence-corrected chi connectivity index (χ4v) is 10.3. The molecular weight excluding hydrogens is 404 g/mol. The summed E-state index contributed by atoms with van der Waals surface area (Å²) in [4.78, 5) is 0. The van der Waals surface area contributed by atoms with E-state index in [-0.39, 0.29) is 22.7 Å². The van der Waals surface area contributed by atoms with Crippen LogP contribution < -0.4 is 0 Å². The quantitative estimate of drug-likeness (QED) is 0.524. The van der Waals surface area contributed by atoms with Crippen LogP contribution in [0, 0.1) is 46.3 Å². The average Bonchev–Trinajstić information content (AvgIpc) is 3.18. The lowest BCUT2D eigenvalue weighted by Crippen LogP contribution is -2.68. The molecule has 13 atom stereocenters. The maximum Gasteiger partial charge on any atom is 0.171 e. The van der Waals surface area contributed by atoms with Crippen LogP contribution in [-0.4, -0.2) is 51.6 Å². The highest BCUT2D eigenvalue weighted by atomic mass is 16.7. The van der Waals surface area contributed by atoms with Crippen LogP contribution in [-0.2, 0) is 9.47 Å². The van der Waals surface area contributed by atoms with E-state index in [0.717, 1.165) is 38.7 Å². The van der Waals surface area contributed by atoms with Gasteiger partial charge in [-0.25, -0.2) is 0 Å². The van der Waals surface area contributed by atoms with Gasteiger partial charge in [0.15, 0.2) is 5.79 Å². The van der Waals surface area contributed by atoms with E-state index in [9.17, 15) is 15.3 Å². The first-order valence-corrected chi connectivity index (χ1v) is 13.4. The zero-order chi connectivity index (χ0) is 22.7. The zero-order valence-electron chi connectivity index (χ0n) is 20.4. The summed E-state index contributed by atoms with van der Waals surface area (Å²) in [5.74, 6) is 2.52. The van der Waals surface area contributed by atoms with Crippen LogP contribution in [0.2, 0.25) is 0 Å². The normalized spacial score (nSPS) is 64.0. The van der Waals surface area contributed by atoms with Crippen molar-refractivity contribution in [2.45, 2.75) is 115 Å². The first-order valence-electron chi connectivity index (χ1n) is 13.4. The molecule has 32 heavy (non-hydrogen) atoms. The Bertz CT molecular complexity index is 763. The topological polar surface area (TPSA) is 79.2 Å². The van der Waals surface area contributed by atoms with Gasteiger partial charge in [-0.15, -0.1) is 0 Å². The molecule has 0 aromatic rings. The van der Waals surface area contributed by atoms with Gasteiger partial charge >= 0.3 is 0 Å². The van der Waals surface area contributed by atoms with E-state index in [2.05, 4.69) is 27.7 Å². The van der Waals surface area contributed by atoms with Crippen molar-refractivity contribution in [3.8, 4) is 0 Å². The molecule has 0 amide bonds. The van der Waals surface area contributed by atoms with E-state index in [1.165, 1.54) is 12.8 Å². The van der Waals surface area contributed by atoms with Crippen LogP contribution in [0.4, 0.5) is 0 Å². The Morgan fingerprint density at radius 2 is 1.69 bits per heavy atom. The molecule has 6 rings (SSSR count). The van der Waals surface area contributed by atoms with Gasteiger partial charge in [0.1, 0.15) is 0 Å². The first-order chi connectivity index (χ1) is 15.0. The molecule has 5 heteroatoms. The van der Waals surface area contributed by atoms with Gasteiger partial charge in [-0.3, -0.25) is 0 Å². The summed E-state index contributed by atoms with van der Waals surface area (Å²) in [5.41, 5.74) is -1.26. The van der Waals surface area contributed by atoms with Crippen LogP contribution in [0.15, 0.2) is 0 Å². The molecule has 0 aromatic heterocycles. The molecule has 6 aliphatic rings. The molecule has 5 nitrogen and oxygen atoms in total. The van der Waals surface area contributed by atoms with Gasteiger partial charge in [-0.05, 0) is 80.0 Å². The number of ether oxygens (including phenoxy) is 2. The van der Waals surface area contributed by atoms with Crippen molar-refractivity contribution in [2.24, 2.45) is 46.3 Å². The molecule has 2 saturated heterocycles. The molecular formula is C27H44O5. The Balaban J connectivity index is 1.30. The Morgan fingerprint density at radius 3 is 2.41 bits per heavy atom. The predicted octanol–water partition coefficient (Wildman–Crippen LogP) is 3.88. The third-order valence-electron chi connectivity index (χ3n) is 12.1. The Labute approximate surface area is 193 Å². The molecule has 2 heterocycles. The van der Waals surface area contributed by atoms with Gasteiger partial charge in [0.2, 0.25) is 0 Å². The average molecular weight is 449 g/mol. The van der Waals surface area contributed by atoms with Gasteiger partial charge in [-0.1, -0.05) is 27.7 Å². The highest BCUT2D eigenvalue weighted by Crippen LogP contribution is 2.71. The fourth-order valence-electron chi connectivity index (χ4n) is 10.3. The summed E-state index contributed by atoms with van der Waals surface area (Å²) in [6, 6.07) is 0. The number of rotatable bonds is 0. The molecule has 3 N–H and O–H groups in total. The maximum atomic E-state index is 11.7. The summed E-state index contributed by atoms with van der Waals surface area (Å²) in [6.07, 6.45) is 7.08. The van der Waals surface area contributed by atoms with Crippen molar-refractivity contribution >= 4 is 0 Å². The minimum atomic E-state index is -1.16. The summed E-state index contributed by atoms with van der Waals surface area (Å²) in [5, 5.41) is 33.2.